The van der Waals surface area contributed by atoms with E-state index in [1.165, 1.54) is 30.7 Å². The Hall–Kier alpha value is -3.40. The van der Waals surface area contributed by atoms with E-state index in [2.05, 4.69) is 29.9 Å². The zero-order valence-electron chi connectivity index (χ0n) is 24.2. The first kappa shape index (κ1) is 30.9. The number of phosphoric acid groups is 2. The number of methoxy groups -OCH3 is 1. The minimum Gasteiger partial charge on any atom is -0.394 e. The number of ether oxygens (including phenoxy) is 2. The Morgan fingerprint density at radius 3 is 2.68 bits per heavy atom. The molecular formula is C23H28N10O12P2. The highest BCUT2D eigenvalue weighted by Gasteiger charge is 2.77. The second kappa shape index (κ2) is 10.5. The van der Waals surface area contributed by atoms with Gasteiger partial charge in [-0.25, -0.2) is 29.1 Å². The number of imidazole rings is 2. The lowest BCUT2D eigenvalue weighted by Gasteiger charge is -2.27. The summed E-state index contributed by atoms with van der Waals surface area (Å²) in [5.74, 6) is -0.383. The van der Waals surface area contributed by atoms with Gasteiger partial charge in [-0.05, 0) is 12.3 Å². The number of rotatable bonds is 9. The fraction of sp³-hybridized carbons (Fsp3) is 0.565. The number of nitrogens with zero attached hydrogens (tertiary/aromatic N) is 7. The fourth-order valence-corrected chi connectivity index (χ4v) is 9.36. The number of nitrogen functional groups attached to an aromatic ring is 2. The molecule has 2 saturated heterocycles. The zero-order valence-corrected chi connectivity index (χ0v) is 26.0. The number of H-pyrrole nitrogens is 1. The van der Waals surface area contributed by atoms with Crippen LogP contribution in [0.15, 0.2) is 23.8 Å². The molecule has 2 aliphatic heterocycles. The molecule has 47 heavy (non-hydrogen) atoms. The van der Waals surface area contributed by atoms with Gasteiger partial charge in [0.05, 0.1) is 31.9 Å². The van der Waals surface area contributed by atoms with Crippen LogP contribution in [-0.2, 0) is 36.7 Å². The van der Waals surface area contributed by atoms with Crippen molar-refractivity contribution in [2.75, 3.05) is 31.8 Å². The van der Waals surface area contributed by atoms with Crippen LogP contribution in [0.2, 0.25) is 0 Å². The van der Waals surface area contributed by atoms with E-state index in [0.717, 1.165) is 0 Å². The number of anilines is 2. The van der Waals surface area contributed by atoms with Gasteiger partial charge in [-0.15, -0.1) is 0 Å². The molecule has 0 aromatic carbocycles. The smallest absolute Gasteiger partial charge is 0.394 e. The Kier molecular flexibility index (Phi) is 6.94. The zero-order chi connectivity index (χ0) is 33.0. The van der Waals surface area contributed by atoms with E-state index in [1.807, 2.05) is 0 Å². The van der Waals surface area contributed by atoms with Gasteiger partial charge >= 0.3 is 15.6 Å². The SMILES string of the molecule is CO[C@H]1[C@@H](OP(=O)(O)OC[C@@]23C[C@@H]2[C@@H](n2cnc4c(N)ncnc42)[C@@H]2OP(=O)(O)O[C@@H]23)[C@H](n2cnc3c(=O)[nH]c(N)nc32)O[C@@H]1CO. The van der Waals surface area contributed by atoms with Crippen molar-refractivity contribution in [2.45, 2.75) is 49.2 Å². The number of aliphatic hydroxyl groups excluding tert-OH is 1. The monoisotopic (exact) mass is 698 g/mol. The lowest BCUT2D eigenvalue weighted by atomic mass is 10.0. The average molecular weight is 698 g/mol. The number of hydrogen-bond acceptors (Lipinski definition) is 17. The molecule has 2 aliphatic carbocycles. The van der Waals surface area contributed by atoms with Crippen LogP contribution in [0.1, 0.15) is 18.7 Å². The Balaban J connectivity index is 1.07. The quantitative estimate of drug-likeness (QED) is 0.114. The number of aliphatic hydroxyl groups is 1. The summed E-state index contributed by atoms with van der Waals surface area (Å²) >= 11 is 0. The molecule has 6 heterocycles. The number of nitrogens with one attached hydrogen (secondary N) is 1. The highest BCUT2D eigenvalue weighted by molar-refractivity contribution is 7.47. The van der Waals surface area contributed by atoms with Gasteiger partial charge in [0.15, 0.2) is 28.9 Å². The molecule has 4 aromatic rings. The van der Waals surface area contributed by atoms with Crippen LogP contribution in [0, 0.1) is 11.3 Å². The van der Waals surface area contributed by atoms with Gasteiger partial charge in [0.25, 0.3) is 5.56 Å². The largest absolute Gasteiger partial charge is 0.473 e. The molecule has 0 radical (unpaired) electrons. The van der Waals surface area contributed by atoms with E-state index in [1.54, 1.807) is 4.57 Å². The van der Waals surface area contributed by atoms with Crippen molar-refractivity contribution in [1.82, 2.24) is 39.0 Å². The maximum atomic E-state index is 13.6. The maximum Gasteiger partial charge on any atom is 0.473 e. The third kappa shape index (κ3) is 4.75. The van der Waals surface area contributed by atoms with E-state index in [9.17, 15) is 28.8 Å². The molecule has 22 nitrogen and oxygen atoms in total. The van der Waals surface area contributed by atoms with Crippen LogP contribution >= 0.6 is 15.6 Å². The molecule has 0 spiro atoms. The normalized spacial score (nSPS) is 37.4. The van der Waals surface area contributed by atoms with E-state index in [4.69, 9.17) is 39.0 Å². The molecule has 4 fully saturated rings. The summed E-state index contributed by atoms with van der Waals surface area (Å²) in [4.78, 5) is 56.6. The molecule has 8 N–H and O–H groups in total. The van der Waals surface area contributed by atoms with Gasteiger partial charge in [0, 0.05) is 12.5 Å². The summed E-state index contributed by atoms with van der Waals surface area (Å²) < 4.78 is 62.6. The van der Waals surface area contributed by atoms with Crippen LogP contribution in [0.3, 0.4) is 0 Å². The van der Waals surface area contributed by atoms with Gasteiger partial charge < -0.3 is 40.4 Å². The molecular weight excluding hydrogens is 670 g/mol. The van der Waals surface area contributed by atoms with Crippen LogP contribution in [0.5, 0.6) is 0 Å². The summed E-state index contributed by atoms with van der Waals surface area (Å²) in [7, 11) is -8.16. The first-order chi connectivity index (χ1) is 22.4. The Bertz CT molecular complexity index is 2060. The average Bonchev–Trinajstić information content (AvgIpc) is 3.46. The number of aromatic amines is 1. The molecule has 0 amide bonds. The van der Waals surface area contributed by atoms with Crippen molar-refractivity contribution >= 4 is 49.7 Å². The molecule has 4 aromatic heterocycles. The molecule has 11 atom stereocenters. The summed E-state index contributed by atoms with van der Waals surface area (Å²) in [5, 5.41) is 9.97. The summed E-state index contributed by atoms with van der Waals surface area (Å²) in [6.45, 7) is -0.988. The Labute approximate surface area is 262 Å². The van der Waals surface area contributed by atoms with Gasteiger partial charge in [-0.3, -0.25) is 32.4 Å². The summed E-state index contributed by atoms with van der Waals surface area (Å²) in [6, 6.07) is -0.613. The van der Waals surface area contributed by atoms with Crippen molar-refractivity contribution < 1.29 is 51.6 Å². The van der Waals surface area contributed by atoms with Crippen molar-refractivity contribution in [3.63, 3.8) is 0 Å². The second-order valence-electron chi connectivity index (χ2n) is 11.7. The first-order valence-corrected chi connectivity index (χ1v) is 17.2. The molecule has 2 saturated carbocycles. The van der Waals surface area contributed by atoms with Gasteiger partial charge in [-0.2, -0.15) is 4.98 Å². The molecule has 8 rings (SSSR count). The van der Waals surface area contributed by atoms with Gasteiger partial charge in [0.2, 0.25) is 5.95 Å². The van der Waals surface area contributed by atoms with Crippen molar-refractivity contribution in [3.05, 3.63) is 29.3 Å². The number of hydrogen-bond donors (Lipinski definition) is 6. The molecule has 252 valence electrons. The van der Waals surface area contributed by atoms with Gasteiger partial charge in [0.1, 0.15) is 42.4 Å². The second-order valence-corrected chi connectivity index (χ2v) is 14.5. The summed E-state index contributed by atoms with van der Waals surface area (Å²) in [6.07, 6.45) is -2.43. The van der Waals surface area contributed by atoms with E-state index < -0.39 is 82.6 Å². The maximum absolute atomic E-state index is 13.6. The summed E-state index contributed by atoms with van der Waals surface area (Å²) in [5.41, 5.74) is 10.6. The molecule has 2 unspecified atom stereocenters. The molecule has 24 heteroatoms. The third-order valence-electron chi connectivity index (χ3n) is 9.22. The number of fused-ring (bicyclic) bond motifs is 5. The van der Waals surface area contributed by atoms with Crippen LogP contribution in [0.4, 0.5) is 11.8 Å². The van der Waals surface area contributed by atoms with Crippen LogP contribution in [-0.4, -0.2) is 105 Å². The van der Waals surface area contributed by atoms with Crippen LogP contribution < -0.4 is 17.0 Å². The van der Waals surface area contributed by atoms with Crippen molar-refractivity contribution in [3.8, 4) is 0 Å². The van der Waals surface area contributed by atoms with Crippen molar-refractivity contribution in [1.29, 1.82) is 0 Å². The van der Waals surface area contributed by atoms with E-state index in [-0.39, 0.29) is 28.8 Å². The molecule has 4 aliphatic rings. The Morgan fingerprint density at radius 2 is 1.91 bits per heavy atom. The predicted octanol–water partition coefficient (Wildman–Crippen LogP) is -1.02. The Morgan fingerprint density at radius 1 is 1.15 bits per heavy atom. The predicted molar refractivity (Wildman–Crippen MR) is 154 cm³/mol. The number of phosphoric ester groups is 2. The molecule has 0 bridgehead atoms. The van der Waals surface area contributed by atoms with Gasteiger partial charge in [-0.1, -0.05) is 0 Å². The topological polar surface area (TPSA) is 309 Å². The lowest BCUT2D eigenvalue weighted by Crippen LogP contribution is -2.37. The standard InChI is InChI=1S/C23H28N10O12P2/c1-40-13-9(3-34)42-21(33-7-29-11-19(33)30-22(25)31-20(11)35)15(13)44-46(36,37)41-4-23-2-8(23)12(14-16(23)45-47(38,39)43-14)32-6-28-10-17(24)26-5-27-18(10)32/h5-9,12-16,21,34H,2-4H2,1H3,(H,36,37)(H,38,39)(H2,24,26,27)(H3,25,30,31,35)/t8-,9-,12-,13-,14+,15-,16+,21-,23+/m1/s1. The first-order valence-electron chi connectivity index (χ1n) is 14.2. The van der Waals surface area contributed by atoms with Crippen LogP contribution in [0.25, 0.3) is 22.3 Å². The lowest BCUT2D eigenvalue weighted by molar-refractivity contribution is -0.0539. The highest BCUT2D eigenvalue weighted by atomic mass is 31.2. The van der Waals surface area contributed by atoms with E-state index in [0.29, 0.717) is 17.6 Å². The minimum atomic E-state index is -4.98. The number of aromatic nitrogens is 8. The minimum absolute atomic E-state index is 0.0133. The third-order valence-corrected chi connectivity index (χ3v) is 11.2. The number of nitrogens with two attached hydrogens (primary N) is 2. The fourth-order valence-electron chi connectivity index (χ4n) is 7.16. The highest BCUT2D eigenvalue weighted by Crippen LogP contribution is 2.76. The van der Waals surface area contributed by atoms with Crippen molar-refractivity contribution in [2.24, 2.45) is 11.3 Å². The van der Waals surface area contributed by atoms with E-state index >= 15 is 0 Å².